The fourth-order valence-electron chi connectivity index (χ4n) is 4.54. The Bertz CT molecular complexity index is 1490. The number of nitrogens with zero attached hydrogens (tertiary/aromatic N) is 3. The highest BCUT2D eigenvalue weighted by molar-refractivity contribution is 6.10. The zero-order chi connectivity index (χ0) is 22.0. The smallest absolute Gasteiger partial charge is 0.332 e. The van der Waals surface area contributed by atoms with Crippen molar-refractivity contribution in [1.82, 2.24) is 14.1 Å². The molecule has 1 aliphatic rings. The average molecular weight is 414 g/mol. The van der Waals surface area contributed by atoms with Crippen molar-refractivity contribution in [2.24, 2.45) is 14.1 Å². The first kappa shape index (κ1) is 19.1. The Labute approximate surface area is 178 Å². The standard InChI is InChI=1S/C24H22N4O3/c1-13-9-11-14(12-10-13)20-18(17-15-7-5-6-8-16(15)26(2)22(17)29)19-21(25-20)27(3)24(31)28(4)23(19)30/h5-12,17,25H,1-4H3/t17-/m1/s1. The number of benzene rings is 2. The number of carbonyl (C=O) groups is 1. The molecule has 0 unspecified atom stereocenters. The van der Waals surface area contributed by atoms with Crippen LogP contribution in [0.5, 0.6) is 0 Å². The van der Waals surface area contributed by atoms with Gasteiger partial charge in [-0.25, -0.2) is 4.79 Å². The molecule has 7 nitrogen and oxygen atoms in total. The Morgan fingerprint density at radius 3 is 2.26 bits per heavy atom. The summed E-state index contributed by atoms with van der Waals surface area (Å²) in [6.45, 7) is 2.00. The van der Waals surface area contributed by atoms with Crippen molar-refractivity contribution < 1.29 is 4.79 Å². The minimum Gasteiger partial charge on any atom is -0.340 e. The highest BCUT2D eigenvalue weighted by Crippen LogP contribution is 2.45. The molecule has 2 aromatic carbocycles. The lowest BCUT2D eigenvalue weighted by atomic mass is 9.89. The molecule has 31 heavy (non-hydrogen) atoms. The van der Waals surface area contributed by atoms with Gasteiger partial charge in [-0.3, -0.25) is 18.7 Å². The van der Waals surface area contributed by atoms with E-state index >= 15 is 0 Å². The van der Waals surface area contributed by atoms with Gasteiger partial charge < -0.3 is 9.88 Å². The number of hydrogen-bond donors (Lipinski definition) is 1. The van der Waals surface area contributed by atoms with Gasteiger partial charge in [0.2, 0.25) is 5.91 Å². The number of amides is 1. The van der Waals surface area contributed by atoms with Crippen LogP contribution < -0.4 is 16.1 Å². The predicted molar refractivity (Wildman–Crippen MR) is 121 cm³/mol. The molecule has 5 rings (SSSR count). The van der Waals surface area contributed by atoms with Gasteiger partial charge in [0.15, 0.2) is 0 Å². The van der Waals surface area contributed by atoms with E-state index in [9.17, 15) is 14.4 Å². The number of para-hydroxylation sites is 1. The number of fused-ring (bicyclic) bond motifs is 2. The molecule has 0 radical (unpaired) electrons. The lowest BCUT2D eigenvalue weighted by molar-refractivity contribution is -0.118. The van der Waals surface area contributed by atoms with Gasteiger partial charge in [-0.15, -0.1) is 0 Å². The molecular weight excluding hydrogens is 392 g/mol. The molecule has 3 heterocycles. The van der Waals surface area contributed by atoms with Crippen LogP contribution in [0, 0.1) is 6.92 Å². The van der Waals surface area contributed by atoms with Gasteiger partial charge >= 0.3 is 5.69 Å². The van der Waals surface area contributed by atoms with Crippen LogP contribution in [0.15, 0.2) is 58.1 Å². The molecule has 1 N–H and O–H groups in total. The van der Waals surface area contributed by atoms with E-state index < -0.39 is 17.2 Å². The molecule has 0 aliphatic carbocycles. The largest absolute Gasteiger partial charge is 0.340 e. The molecular formula is C24H22N4O3. The number of anilines is 1. The normalized spacial score (nSPS) is 15.7. The Morgan fingerprint density at radius 2 is 1.55 bits per heavy atom. The summed E-state index contributed by atoms with van der Waals surface area (Å²) in [5.41, 5.74) is 4.49. The molecule has 1 atom stereocenters. The van der Waals surface area contributed by atoms with Gasteiger partial charge in [0.1, 0.15) is 5.65 Å². The minimum absolute atomic E-state index is 0.105. The van der Waals surface area contributed by atoms with Crippen LogP contribution in [0.25, 0.3) is 22.3 Å². The lowest BCUT2D eigenvalue weighted by Gasteiger charge is -2.13. The third-order valence-electron chi connectivity index (χ3n) is 6.26. The number of H-pyrrole nitrogens is 1. The van der Waals surface area contributed by atoms with Crippen molar-refractivity contribution >= 4 is 22.6 Å². The van der Waals surface area contributed by atoms with Crippen LogP contribution in [0.4, 0.5) is 5.69 Å². The third kappa shape index (κ3) is 2.56. The zero-order valence-corrected chi connectivity index (χ0v) is 17.8. The van der Waals surface area contributed by atoms with Crippen molar-refractivity contribution in [3.05, 3.63) is 86.1 Å². The Hall–Kier alpha value is -3.87. The van der Waals surface area contributed by atoms with Crippen molar-refractivity contribution in [3.63, 3.8) is 0 Å². The van der Waals surface area contributed by atoms with Crippen molar-refractivity contribution in [1.29, 1.82) is 0 Å². The van der Waals surface area contributed by atoms with Crippen molar-refractivity contribution in [2.45, 2.75) is 12.8 Å². The second-order valence-corrected chi connectivity index (χ2v) is 8.10. The number of likely N-dealkylation sites (N-methyl/N-ethyl adjacent to an activating group) is 1. The van der Waals surface area contributed by atoms with Gasteiger partial charge in [0, 0.05) is 32.4 Å². The Balaban J connectivity index is 1.95. The molecule has 7 heteroatoms. The second-order valence-electron chi connectivity index (χ2n) is 8.10. The average Bonchev–Trinajstić information content (AvgIpc) is 3.27. The monoisotopic (exact) mass is 414 g/mol. The number of carbonyl (C=O) groups excluding carboxylic acids is 1. The van der Waals surface area contributed by atoms with Gasteiger partial charge in [0.05, 0.1) is 17.0 Å². The summed E-state index contributed by atoms with van der Waals surface area (Å²) in [5.74, 6) is -0.747. The predicted octanol–water partition coefficient (Wildman–Crippen LogP) is 2.65. The number of rotatable bonds is 2. The summed E-state index contributed by atoms with van der Waals surface area (Å²) in [4.78, 5) is 44.2. The van der Waals surface area contributed by atoms with E-state index in [1.54, 1.807) is 19.0 Å². The van der Waals surface area contributed by atoms with Gasteiger partial charge in [0.25, 0.3) is 5.56 Å². The maximum Gasteiger partial charge on any atom is 0.332 e. The molecule has 1 amide bonds. The summed E-state index contributed by atoms with van der Waals surface area (Å²) in [6, 6.07) is 15.5. The first-order valence-corrected chi connectivity index (χ1v) is 10.1. The van der Waals surface area contributed by atoms with E-state index in [4.69, 9.17) is 0 Å². The van der Waals surface area contributed by atoms with Crippen LogP contribution in [0.3, 0.4) is 0 Å². The lowest BCUT2D eigenvalue weighted by Crippen LogP contribution is -2.37. The molecule has 4 aromatic rings. The summed E-state index contributed by atoms with van der Waals surface area (Å²) in [5, 5.41) is 0.364. The zero-order valence-electron chi connectivity index (χ0n) is 17.8. The van der Waals surface area contributed by atoms with Crippen molar-refractivity contribution in [3.8, 4) is 11.3 Å². The van der Waals surface area contributed by atoms with E-state index in [1.165, 1.54) is 11.6 Å². The summed E-state index contributed by atoms with van der Waals surface area (Å²) in [7, 11) is 4.83. The molecule has 0 spiro atoms. The fraction of sp³-hybridized carbons (Fsp3) is 0.208. The third-order valence-corrected chi connectivity index (χ3v) is 6.26. The van der Waals surface area contributed by atoms with E-state index in [1.807, 2.05) is 55.5 Å². The van der Waals surface area contributed by atoms with Crippen LogP contribution in [0.2, 0.25) is 0 Å². The molecule has 156 valence electrons. The fourth-order valence-corrected chi connectivity index (χ4v) is 4.54. The quantitative estimate of drug-likeness (QED) is 0.548. The van der Waals surface area contributed by atoms with Crippen molar-refractivity contribution in [2.75, 3.05) is 11.9 Å². The van der Waals surface area contributed by atoms with E-state index in [2.05, 4.69) is 4.98 Å². The molecule has 0 bridgehead atoms. The molecule has 0 saturated carbocycles. The van der Waals surface area contributed by atoms with E-state index in [0.29, 0.717) is 22.3 Å². The number of hydrogen-bond acceptors (Lipinski definition) is 3. The van der Waals surface area contributed by atoms with E-state index in [0.717, 1.165) is 26.9 Å². The molecule has 1 aliphatic heterocycles. The van der Waals surface area contributed by atoms with Gasteiger partial charge in [-0.1, -0.05) is 48.0 Å². The first-order chi connectivity index (χ1) is 14.8. The molecule has 0 fully saturated rings. The minimum atomic E-state index is -0.642. The highest BCUT2D eigenvalue weighted by Gasteiger charge is 2.40. The van der Waals surface area contributed by atoms with Gasteiger partial charge in [-0.2, -0.15) is 0 Å². The first-order valence-electron chi connectivity index (χ1n) is 10.1. The topological polar surface area (TPSA) is 80.1 Å². The maximum absolute atomic E-state index is 13.4. The van der Waals surface area contributed by atoms with Crippen LogP contribution in [0.1, 0.15) is 22.6 Å². The van der Waals surface area contributed by atoms with Crippen LogP contribution in [-0.2, 0) is 18.9 Å². The molecule has 2 aromatic heterocycles. The van der Waals surface area contributed by atoms with Crippen LogP contribution in [-0.4, -0.2) is 27.1 Å². The number of nitrogens with one attached hydrogen (secondary N) is 1. The SMILES string of the molecule is Cc1ccc(-c2[nH]c3c(c2[C@@H]2C(=O)N(C)c4ccccc42)c(=O)n(C)c(=O)n3C)cc1. The highest BCUT2D eigenvalue weighted by atomic mass is 16.2. The molecule has 0 saturated heterocycles. The van der Waals surface area contributed by atoms with E-state index in [-0.39, 0.29) is 5.91 Å². The number of aryl methyl sites for hydroxylation is 2. The number of aromatic amines is 1. The van der Waals surface area contributed by atoms with Gasteiger partial charge in [-0.05, 0) is 24.1 Å². The summed E-state index contributed by atoms with van der Waals surface area (Å²) in [6.07, 6.45) is 0. The number of aromatic nitrogens is 3. The second kappa shape index (κ2) is 6.57. The Kier molecular flexibility index (Phi) is 4.05. The summed E-state index contributed by atoms with van der Waals surface area (Å²) < 4.78 is 2.51. The summed E-state index contributed by atoms with van der Waals surface area (Å²) >= 11 is 0. The Morgan fingerprint density at radius 1 is 0.871 bits per heavy atom. The van der Waals surface area contributed by atoms with Crippen LogP contribution >= 0.6 is 0 Å². The maximum atomic E-state index is 13.4.